The number of anilines is 1. The molecule has 0 atom stereocenters. The van der Waals surface area contributed by atoms with Gasteiger partial charge in [0.15, 0.2) is 0 Å². The molecule has 3 N–H and O–H groups in total. The second-order valence-electron chi connectivity index (χ2n) is 5.35. The van der Waals surface area contributed by atoms with E-state index in [4.69, 9.17) is 5.73 Å². The molecule has 0 unspecified atom stereocenters. The third kappa shape index (κ3) is 4.45. The number of nitrogens with two attached hydrogens (primary N) is 1. The van der Waals surface area contributed by atoms with E-state index in [2.05, 4.69) is 23.5 Å². The van der Waals surface area contributed by atoms with E-state index in [0.29, 0.717) is 11.3 Å². The maximum absolute atomic E-state index is 12.0. The van der Waals surface area contributed by atoms with Gasteiger partial charge < -0.3 is 5.73 Å². The minimum atomic E-state index is -0.192. The summed E-state index contributed by atoms with van der Waals surface area (Å²) in [6.45, 7) is 2.20. The Morgan fingerprint density at radius 2 is 2.05 bits per heavy atom. The van der Waals surface area contributed by atoms with Gasteiger partial charge >= 0.3 is 0 Å². The van der Waals surface area contributed by atoms with E-state index in [1.54, 1.807) is 24.3 Å². The number of amides is 1. The van der Waals surface area contributed by atoms with Crippen LogP contribution in [0, 0.1) is 0 Å². The highest BCUT2D eigenvalue weighted by Gasteiger charge is 2.13. The Balaban J connectivity index is 1.92. The van der Waals surface area contributed by atoms with Gasteiger partial charge in [0, 0.05) is 11.3 Å². The first-order chi connectivity index (χ1) is 10.2. The first-order valence-corrected chi connectivity index (χ1v) is 7.62. The SMILES string of the molecule is CCCCCC1=CCC/C1=N\NC(=O)c1ccc(N)cc1. The Hall–Kier alpha value is -2.10. The van der Waals surface area contributed by atoms with Crippen molar-refractivity contribution in [3.05, 3.63) is 41.5 Å². The molecule has 112 valence electrons. The van der Waals surface area contributed by atoms with Crippen molar-refractivity contribution >= 4 is 17.3 Å². The second-order valence-corrected chi connectivity index (χ2v) is 5.35. The minimum Gasteiger partial charge on any atom is -0.399 e. The van der Waals surface area contributed by atoms with Crippen molar-refractivity contribution in [2.75, 3.05) is 5.73 Å². The lowest BCUT2D eigenvalue weighted by atomic mass is 10.1. The molecule has 0 spiro atoms. The Labute approximate surface area is 126 Å². The van der Waals surface area contributed by atoms with E-state index < -0.39 is 0 Å². The maximum atomic E-state index is 12.0. The Kier molecular flexibility index (Phi) is 5.55. The van der Waals surface area contributed by atoms with Gasteiger partial charge in [-0.15, -0.1) is 0 Å². The third-order valence-electron chi connectivity index (χ3n) is 3.66. The van der Waals surface area contributed by atoms with Gasteiger partial charge in [0.2, 0.25) is 0 Å². The van der Waals surface area contributed by atoms with Crippen LogP contribution >= 0.6 is 0 Å². The molecule has 21 heavy (non-hydrogen) atoms. The summed E-state index contributed by atoms with van der Waals surface area (Å²) < 4.78 is 0. The molecule has 0 heterocycles. The normalized spacial score (nSPS) is 16.0. The Morgan fingerprint density at radius 1 is 1.29 bits per heavy atom. The molecule has 1 aromatic carbocycles. The van der Waals surface area contributed by atoms with Crippen LogP contribution in [0.1, 0.15) is 55.8 Å². The highest BCUT2D eigenvalue weighted by atomic mass is 16.2. The molecule has 0 saturated carbocycles. The van der Waals surface area contributed by atoms with Gasteiger partial charge in [-0.2, -0.15) is 5.10 Å². The third-order valence-corrected chi connectivity index (χ3v) is 3.66. The number of carbonyl (C=O) groups excluding carboxylic acids is 1. The number of hydrogen-bond donors (Lipinski definition) is 2. The van der Waals surface area contributed by atoms with Gasteiger partial charge in [-0.05, 0) is 55.5 Å². The lowest BCUT2D eigenvalue weighted by molar-refractivity contribution is 0.0955. The summed E-state index contributed by atoms with van der Waals surface area (Å²) in [6, 6.07) is 6.84. The molecule has 4 heteroatoms. The average Bonchev–Trinajstić information content (AvgIpc) is 2.93. The predicted octanol–water partition coefficient (Wildman–Crippen LogP) is 3.66. The first kappa shape index (κ1) is 15.3. The molecule has 1 aliphatic rings. The zero-order valence-electron chi connectivity index (χ0n) is 12.6. The van der Waals surface area contributed by atoms with Crippen molar-refractivity contribution in [3.63, 3.8) is 0 Å². The molecule has 1 aromatic rings. The average molecular weight is 285 g/mol. The molecule has 1 amide bonds. The molecule has 0 aliphatic heterocycles. The minimum absolute atomic E-state index is 0.192. The van der Waals surface area contributed by atoms with Crippen molar-refractivity contribution < 1.29 is 4.79 Å². The molecule has 0 fully saturated rings. The van der Waals surface area contributed by atoms with Gasteiger partial charge in [0.05, 0.1) is 5.71 Å². The van der Waals surface area contributed by atoms with Crippen molar-refractivity contribution in [2.24, 2.45) is 5.10 Å². The standard InChI is InChI=1S/C17H23N3O/c1-2-3-4-6-13-7-5-8-16(13)19-20-17(21)14-9-11-15(18)12-10-14/h7,9-12H,2-6,8,18H2,1H3,(H,20,21)/b19-16+. The number of unbranched alkanes of at least 4 members (excludes halogenated alkanes) is 2. The van der Waals surface area contributed by atoms with Crippen LogP contribution in [0.15, 0.2) is 41.0 Å². The number of benzene rings is 1. The summed E-state index contributed by atoms with van der Waals surface area (Å²) in [7, 11) is 0. The number of carbonyl (C=O) groups is 1. The van der Waals surface area contributed by atoms with Crippen LogP contribution in [0.5, 0.6) is 0 Å². The van der Waals surface area contributed by atoms with Crippen LogP contribution in [0.2, 0.25) is 0 Å². The van der Waals surface area contributed by atoms with E-state index in [9.17, 15) is 4.79 Å². The fourth-order valence-corrected chi connectivity index (χ4v) is 2.42. The molecular weight excluding hydrogens is 262 g/mol. The summed E-state index contributed by atoms with van der Waals surface area (Å²) in [4.78, 5) is 12.0. The first-order valence-electron chi connectivity index (χ1n) is 7.62. The van der Waals surface area contributed by atoms with Crippen LogP contribution in [0.4, 0.5) is 5.69 Å². The van der Waals surface area contributed by atoms with Crippen LogP contribution in [-0.4, -0.2) is 11.6 Å². The van der Waals surface area contributed by atoms with Gasteiger partial charge in [-0.25, -0.2) is 5.43 Å². The lowest BCUT2D eigenvalue weighted by Crippen LogP contribution is -2.19. The van der Waals surface area contributed by atoms with Crippen molar-refractivity contribution in [1.82, 2.24) is 5.43 Å². The second kappa shape index (κ2) is 7.62. The molecule has 2 rings (SSSR count). The van der Waals surface area contributed by atoms with Gasteiger partial charge in [0.1, 0.15) is 0 Å². The van der Waals surface area contributed by atoms with Gasteiger partial charge in [-0.3, -0.25) is 4.79 Å². The smallest absolute Gasteiger partial charge is 0.271 e. The number of hydrazone groups is 1. The molecule has 0 bridgehead atoms. The summed E-state index contributed by atoms with van der Waals surface area (Å²) in [5.74, 6) is -0.192. The van der Waals surface area contributed by atoms with Gasteiger partial charge in [-0.1, -0.05) is 25.8 Å². The van der Waals surface area contributed by atoms with Crippen LogP contribution < -0.4 is 11.2 Å². The molecule has 0 radical (unpaired) electrons. The highest BCUT2D eigenvalue weighted by molar-refractivity contribution is 6.03. The zero-order chi connectivity index (χ0) is 15.1. The Bertz CT molecular complexity index is 544. The predicted molar refractivity (Wildman–Crippen MR) is 87.2 cm³/mol. The fraction of sp³-hybridized carbons (Fsp3) is 0.412. The van der Waals surface area contributed by atoms with Crippen molar-refractivity contribution in [1.29, 1.82) is 0 Å². The fourth-order valence-electron chi connectivity index (χ4n) is 2.42. The number of hydrogen-bond acceptors (Lipinski definition) is 3. The molecule has 1 aliphatic carbocycles. The molecular formula is C17H23N3O. The topological polar surface area (TPSA) is 67.5 Å². The molecule has 0 saturated heterocycles. The number of allylic oxidation sites excluding steroid dienone is 2. The van der Waals surface area contributed by atoms with Crippen molar-refractivity contribution in [3.8, 4) is 0 Å². The van der Waals surface area contributed by atoms with Crippen molar-refractivity contribution in [2.45, 2.75) is 45.4 Å². The van der Waals surface area contributed by atoms with Crippen LogP contribution in [0.3, 0.4) is 0 Å². The largest absolute Gasteiger partial charge is 0.399 e. The number of nitrogens with one attached hydrogen (secondary N) is 1. The van der Waals surface area contributed by atoms with Crippen LogP contribution in [-0.2, 0) is 0 Å². The van der Waals surface area contributed by atoms with Crippen LogP contribution in [0.25, 0.3) is 0 Å². The summed E-state index contributed by atoms with van der Waals surface area (Å²) in [6.07, 6.45) is 8.89. The Morgan fingerprint density at radius 3 is 2.76 bits per heavy atom. The van der Waals surface area contributed by atoms with E-state index in [0.717, 1.165) is 25.0 Å². The maximum Gasteiger partial charge on any atom is 0.271 e. The van der Waals surface area contributed by atoms with E-state index in [-0.39, 0.29) is 5.91 Å². The molecule has 0 aromatic heterocycles. The summed E-state index contributed by atoms with van der Waals surface area (Å²) in [5, 5.41) is 4.30. The number of nitrogens with zero attached hydrogens (tertiary/aromatic N) is 1. The quantitative estimate of drug-likeness (QED) is 0.476. The summed E-state index contributed by atoms with van der Waals surface area (Å²) in [5.41, 5.74) is 11.8. The lowest BCUT2D eigenvalue weighted by Gasteiger charge is -2.06. The number of nitrogen functional groups attached to an aromatic ring is 1. The summed E-state index contributed by atoms with van der Waals surface area (Å²) >= 11 is 0. The zero-order valence-corrected chi connectivity index (χ0v) is 12.6. The monoisotopic (exact) mass is 285 g/mol. The number of rotatable bonds is 6. The van der Waals surface area contributed by atoms with E-state index in [1.165, 1.54) is 24.8 Å². The van der Waals surface area contributed by atoms with E-state index >= 15 is 0 Å². The highest BCUT2D eigenvalue weighted by Crippen LogP contribution is 2.21. The molecule has 4 nitrogen and oxygen atoms in total. The van der Waals surface area contributed by atoms with E-state index in [1.807, 2.05) is 0 Å². The van der Waals surface area contributed by atoms with Gasteiger partial charge in [0.25, 0.3) is 5.91 Å².